The van der Waals surface area contributed by atoms with Gasteiger partial charge in [0.25, 0.3) is 5.91 Å². The number of anilines is 1. The highest BCUT2D eigenvalue weighted by Crippen LogP contribution is 2.30. The molecule has 0 aliphatic heterocycles. The molecule has 0 bridgehead atoms. The molecule has 2 N–H and O–H groups in total. The van der Waals surface area contributed by atoms with Crippen molar-refractivity contribution in [2.75, 3.05) is 5.32 Å². The molecule has 0 fully saturated rings. The van der Waals surface area contributed by atoms with Gasteiger partial charge < -0.3 is 10.4 Å². The van der Waals surface area contributed by atoms with Crippen LogP contribution in [0.15, 0.2) is 12.1 Å². The summed E-state index contributed by atoms with van der Waals surface area (Å²) in [5.74, 6) is -3.09. The fourth-order valence-electron chi connectivity index (χ4n) is 1.05. The summed E-state index contributed by atoms with van der Waals surface area (Å²) in [7, 11) is 0. The summed E-state index contributed by atoms with van der Waals surface area (Å²) in [6.45, 7) is 0. The van der Waals surface area contributed by atoms with E-state index >= 15 is 0 Å². The number of hydrogen-bond acceptors (Lipinski definition) is 2. The van der Waals surface area contributed by atoms with Gasteiger partial charge in [-0.3, -0.25) is 4.79 Å². The number of aromatic carboxylic acids is 1. The quantitative estimate of drug-likeness (QED) is 0.896. The lowest BCUT2D eigenvalue weighted by molar-refractivity contribution is -0.126. The van der Waals surface area contributed by atoms with Crippen molar-refractivity contribution in [3.05, 3.63) is 27.7 Å². The summed E-state index contributed by atoms with van der Waals surface area (Å²) in [4.78, 5) is 21.6. The fraction of sp³-hybridized carbons (Fsp3) is 0.111. The maximum atomic E-state index is 12.0. The van der Waals surface area contributed by atoms with Crippen molar-refractivity contribution in [1.82, 2.24) is 0 Å². The second-order valence-electron chi connectivity index (χ2n) is 2.91. The van der Waals surface area contributed by atoms with Crippen molar-refractivity contribution in [2.45, 2.75) is 6.43 Å². The molecule has 0 aromatic heterocycles. The van der Waals surface area contributed by atoms with Gasteiger partial charge in [0.05, 0.1) is 16.3 Å². The lowest BCUT2D eigenvalue weighted by atomic mass is 10.1. The average Bonchev–Trinajstić information content (AvgIpc) is 2.20. The van der Waals surface area contributed by atoms with Crippen molar-refractivity contribution in [3.63, 3.8) is 0 Å². The Morgan fingerprint density at radius 1 is 1.29 bits per heavy atom. The monoisotopic (exact) mass is 283 g/mol. The van der Waals surface area contributed by atoms with Crippen LogP contribution in [0.4, 0.5) is 14.5 Å². The first-order valence-corrected chi connectivity index (χ1v) is 4.90. The van der Waals surface area contributed by atoms with E-state index < -0.39 is 29.6 Å². The summed E-state index contributed by atoms with van der Waals surface area (Å²) in [5, 5.41) is 10.3. The number of hydrogen-bond donors (Lipinski definition) is 2. The molecule has 0 saturated heterocycles. The number of rotatable bonds is 3. The number of benzene rings is 1. The number of carbonyl (C=O) groups is 2. The van der Waals surface area contributed by atoms with Gasteiger partial charge in [-0.1, -0.05) is 23.2 Å². The number of carboxylic acid groups (broad SMARTS) is 1. The third kappa shape index (κ3) is 3.28. The number of alkyl halides is 2. The Bertz CT molecular complexity index is 480. The number of nitrogens with one attached hydrogen (secondary N) is 1. The molecule has 0 aliphatic carbocycles. The van der Waals surface area contributed by atoms with E-state index in [1.165, 1.54) is 0 Å². The number of carbonyl (C=O) groups excluding carboxylic acids is 1. The van der Waals surface area contributed by atoms with Crippen molar-refractivity contribution in [2.24, 2.45) is 0 Å². The van der Waals surface area contributed by atoms with Crippen LogP contribution >= 0.6 is 23.2 Å². The van der Waals surface area contributed by atoms with Crippen molar-refractivity contribution < 1.29 is 23.5 Å². The zero-order valence-electron chi connectivity index (χ0n) is 8.01. The third-order valence-electron chi connectivity index (χ3n) is 1.73. The van der Waals surface area contributed by atoms with E-state index in [2.05, 4.69) is 0 Å². The molecule has 1 amide bonds. The van der Waals surface area contributed by atoms with E-state index in [-0.39, 0.29) is 10.0 Å². The Balaban J connectivity index is 3.22. The molecule has 0 aliphatic rings. The van der Waals surface area contributed by atoms with E-state index in [1.54, 1.807) is 5.32 Å². The van der Waals surface area contributed by atoms with Gasteiger partial charge >= 0.3 is 12.4 Å². The maximum absolute atomic E-state index is 12.0. The van der Waals surface area contributed by atoms with Gasteiger partial charge in [0, 0.05) is 5.02 Å². The normalized spacial score (nSPS) is 10.4. The molecular weight excluding hydrogens is 279 g/mol. The minimum Gasteiger partial charge on any atom is -0.478 e. The van der Waals surface area contributed by atoms with Gasteiger partial charge in [-0.15, -0.1) is 0 Å². The highest BCUT2D eigenvalue weighted by atomic mass is 35.5. The topological polar surface area (TPSA) is 66.4 Å². The Kier molecular flexibility index (Phi) is 4.25. The molecule has 4 nitrogen and oxygen atoms in total. The zero-order chi connectivity index (χ0) is 13.2. The van der Waals surface area contributed by atoms with Crippen LogP contribution in [0, 0.1) is 0 Å². The maximum Gasteiger partial charge on any atom is 0.337 e. The smallest absolute Gasteiger partial charge is 0.337 e. The first-order valence-electron chi connectivity index (χ1n) is 4.14. The Labute approximate surface area is 104 Å². The first kappa shape index (κ1) is 13.7. The summed E-state index contributed by atoms with van der Waals surface area (Å²) in [5.41, 5.74) is -0.870. The van der Waals surface area contributed by atoms with Gasteiger partial charge in [-0.25, -0.2) is 4.79 Å². The Hall–Kier alpha value is -1.40. The molecular formula is C9H5Cl2F2NO3. The highest BCUT2D eigenvalue weighted by Gasteiger charge is 2.21. The van der Waals surface area contributed by atoms with E-state index in [9.17, 15) is 18.4 Å². The molecule has 92 valence electrons. The summed E-state index contributed by atoms with van der Waals surface area (Å²) >= 11 is 11.2. The number of carboxylic acids is 1. The van der Waals surface area contributed by atoms with E-state index in [0.717, 1.165) is 12.1 Å². The lowest BCUT2D eigenvalue weighted by Gasteiger charge is -2.10. The largest absolute Gasteiger partial charge is 0.478 e. The minimum atomic E-state index is -3.27. The van der Waals surface area contributed by atoms with E-state index in [4.69, 9.17) is 28.3 Å². The third-order valence-corrected chi connectivity index (χ3v) is 2.25. The molecule has 1 rings (SSSR count). The second-order valence-corrected chi connectivity index (χ2v) is 3.75. The van der Waals surface area contributed by atoms with Crippen molar-refractivity contribution in [1.29, 1.82) is 0 Å². The predicted molar refractivity (Wildman–Crippen MR) is 58.1 cm³/mol. The molecule has 0 heterocycles. The van der Waals surface area contributed by atoms with Crippen molar-refractivity contribution >= 4 is 40.8 Å². The second kappa shape index (κ2) is 5.29. The zero-order valence-corrected chi connectivity index (χ0v) is 9.52. The number of amides is 1. The van der Waals surface area contributed by atoms with Gasteiger partial charge in [0.2, 0.25) is 0 Å². The van der Waals surface area contributed by atoms with Gasteiger partial charge in [-0.05, 0) is 12.1 Å². The summed E-state index contributed by atoms with van der Waals surface area (Å²) in [6.07, 6.45) is -3.27. The van der Waals surface area contributed by atoms with E-state index in [0.29, 0.717) is 0 Å². The van der Waals surface area contributed by atoms with Crippen LogP contribution in [-0.4, -0.2) is 23.4 Å². The Morgan fingerprint density at radius 3 is 2.35 bits per heavy atom. The van der Waals surface area contributed by atoms with Gasteiger partial charge in [0.1, 0.15) is 0 Å². The van der Waals surface area contributed by atoms with Gasteiger partial charge in [-0.2, -0.15) is 8.78 Å². The molecule has 17 heavy (non-hydrogen) atoms. The van der Waals surface area contributed by atoms with Crippen LogP contribution in [0.2, 0.25) is 10.0 Å². The molecule has 1 aromatic carbocycles. The Morgan fingerprint density at radius 2 is 1.88 bits per heavy atom. The van der Waals surface area contributed by atoms with Gasteiger partial charge in [0.15, 0.2) is 0 Å². The lowest BCUT2D eigenvalue weighted by Crippen LogP contribution is -2.22. The molecule has 0 atom stereocenters. The fourth-order valence-corrected chi connectivity index (χ4v) is 1.59. The van der Waals surface area contributed by atoms with Crippen LogP contribution < -0.4 is 5.32 Å². The number of halogens is 4. The molecule has 0 spiro atoms. The standard InChI is InChI=1S/C9H5Cl2F2NO3/c10-3-1-4(9(16)17)6(5(11)2-3)14-8(15)7(12)13/h1-2,7H,(H,14,15)(H,16,17). The SMILES string of the molecule is O=C(O)c1cc(Cl)cc(Cl)c1NC(=O)C(F)F. The predicted octanol–water partition coefficient (Wildman–Crippen LogP) is 2.90. The molecule has 0 radical (unpaired) electrons. The molecule has 0 saturated carbocycles. The van der Waals surface area contributed by atoms with E-state index in [1.807, 2.05) is 0 Å². The first-order chi connectivity index (χ1) is 7.82. The highest BCUT2D eigenvalue weighted by molar-refractivity contribution is 6.37. The van der Waals surface area contributed by atoms with Crippen LogP contribution in [-0.2, 0) is 4.79 Å². The molecule has 8 heteroatoms. The van der Waals surface area contributed by atoms with Crippen LogP contribution in [0.5, 0.6) is 0 Å². The molecule has 0 unspecified atom stereocenters. The minimum absolute atomic E-state index is 0.0162. The summed E-state index contributed by atoms with van der Waals surface area (Å²) < 4.78 is 24.1. The van der Waals surface area contributed by atoms with Crippen LogP contribution in [0.25, 0.3) is 0 Å². The van der Waals surface area contributed by atoms with Crippen LogP contribution in [0.3, 0.4) is 0 Å². The molecule has 1 aromatic rings. The van der Waals surface area contributed by atoms with Crippen molar-refractivity contribution in [3.8, 4) is 0 Å². The summed E-state index contributed by atoms with van der Waals surface area (Å²) in [6, 6.07) is 2.13. The average molecular weight is 284 g/mol. The van der Waals surface area contributed by atoms with Crippen LogP contribution in [0.1, 0.15) is 10.4 Å².